The Hall–Kier alpha value is -0.660. The number of nitrogens with zero attached hydrogens (tertiary/aromatic N) is 1. The fourth-order valence-electron chi connectivity index (χ4n) is 5.44. The molecule has 4 rings (SSSR count). The van der Waals surface area contributed by atoms with Crippen LogP contribution in [0.15, 0.2) is 17.0 Å². The molecule has 1 aromatic heterocycles. The van der Waals surface area contributed by atoms with Gasteiger partial charge in [0.15, 0.2) is 0 Å². The van der Waals surface area contributed by atoms with Crippen molar-refractivity contribution in [2.24, 2.45) is 0 Å². The van der Waals surface area contributed by atoms with E-state index in [1.165, 1.54) is 86.2 Å². The molecule has 0 spiro atoms. The Balaban J connectivity index is 1.51. The summed E-state index contributed by atoms with van der Waals surface area (Å²) in [6.07, 6.45) is 13.0. The second kappa shape index (κ2) is 12.5. The maximum absolute atomic E-state index is 5.07. The first kappa shape index (κ1) is 23.5. The van der Waals surface area contributed by atoms with Crippen molar-refractivity contribution in [3.05, 3.63) is 23.5 Å². The molecule has 0 aromatic carbocycles. The maximum atomic E-state index is 5.07. The quantitative estimate of drug-likeness (QED) is 0.416. The number of rotatable bonds is 4. The van der Waals surface area contributed by atoms with E-state index < -0.39 is 0 Å². The number of hydrogen-bond donors (Lipinski definition) is 4. The molecule has 2 bridgehead atoms. The number of aromatic nitrogens is 1. The van der Waals surface area contributed by atoms with Gasteiger partial charge in [0, 0.05) is 55.2 Å². The first-order valence-corrected chi connectivity index (χ1v) is 13.9. The zero-order chi connectivity index (χ0) is 21.3. The standard InChI is InChI=1S/C25H43N5S/c1-2-3-14-31-21-15-19-17-28-24-10-6-4-8-22(24)26-12-13-27-23-9-5-7-11-25(23)29-18-20(16-21)30-19/h15-16,22-29H,2-14,17-18H2,1H3/t22-,23-,24-,25-/m1/s1. The largest absolute Gasteiger partial charge is 0.311 e. The monoisotopic (exact) mass is 445 g/mol. The van der Waals surface area contributed by atoms with Crippen LogP contribution in [-0.2, 0) is 13.1 Å². The van der Waals surface area contributed by atoms with E-state index in [2.05, 4.69) is 40.3 Å². The smallest absolute Gasteiger partial charge is 0.0556 e. The first-order chi connectivity index (χ1) is 15.3. The molecule has 3 aliphatic rings. The molecule has 4 atom stereocenters. The SMILES string of the molecule is CCCCSc1cc2nc(c1)CN[C@@H]1CCCC[C@H]1NCCN[C@@H]1CCCC[C@H]1NC2. The van der Waals surface area contributed by atoms with Gasteiger partial charge in [0.2, 0.25) is 0 Å². The topological polar surface area (TPSA) is 61.0 Å². The van der Waals surface area contributed by atoms with Crippen LogP contribution >= 0.6 is 11.8 Å². The van der Waals surface area contributed by atoms with Crippen LogP contribution in [-0.4, -0.2) is 48.0 Å². The molecule has 2 heterocycles. The summed E-state index contributed by atoms with van der Waals surface area (Å²) in [7, 11) is 0. The van der Waals surface area contributed by atoms with Crippen LogP contribution in [0.4, 0.5) is 0 Å². The Morgan fingerprint density at radius 2 is 1.26 bits per heavy atom. The number of pyridine rings is 1. The maximum Gasteiger partial charge on any atom is 0.0556 e. The van der Waals surface area contributed by atoms with Crippen LogP contribution in [0.25, 0.3) is 0 Å². The minimum absolute atomic E-state index is 0.557. The fraction of sp³-hybridized carbons (Fsp3) is 0.800. The third kappa shape index (κ3) is 7.16. The van der Waals surface area contributed by atoms with Crippen LogP contribution in [0.1, 0.15) is 82.5 Å². The van der Waals surface area contributed by atoms with Crippen LogP contribution in [0.2, 0.25) is 0 Å². The lowest BCUT2D eigenvalue weighted by Crippen LogP contribution is -2.53. The van der Waals surface area contributed by atoms with E-state index in [1.807, 2.05) is 11.8 Å². The predicted octanol–water partition coefficient (Wildman–Crippen LogP) is 3.97. The van der Waals surface area contributed by atoms with Crippen molar-refractivity contribution in [2.45, 2.75) is 113 Å². The van der Waals surface area contributed by atoms with Gasteiger partial charge in [-0.3, -0.25) is 4.98 Å². The van der Waals surface area contributed by atoms with Gasteiger partial charge in [-0.2, -0.15) is 0 Å². The van der Waals surface area contributed by atoms with E-state index in [4.69, 9.17) is 4.98 Å². The Morgan fingerprint density at radius 1 is 0.774 bits per heavy atom. The van der Waals surface area contributed by atoms with Crippen molar-refractivity contribution in [2.75, 3.05) is 18.8 Å². The molecular weight excluding hydrogens is 402 g/mol. The average molecular weight is 446 g/mol. The second-order valence-corrected chi connectivity index (χ2v) is 10.8. The van der Waals surface area contributed by atoms with E-state index in [9.17, 15) is 0 Å². The van der Waals surface area contributed by atoms with Crippen molar-refractivity contribution in [3.63, 3.8) is 0 Å². The summed E-state index contributed by atoms with van der Waals surface area (Å²) in [4.78, 5) is 6.46. The normalized spacial score (nSPS) is 30.5. The van der Waals surface area contributed by atoms with Crippen molar-refractivity contribution in [1.29, 1.82) is 0 Å². The lowest BCUT2D eigenvalue weighted by atomic mass is 9.89. The fourth-order valence-corrected chi connectivity index (χ4v) is 6.55. The van der Waals surface area contributed by atoms with E-state index in [-0.39, 0.29) is 0 Å². The average Bonchev–Trinajstić information content (AvgIpc) is 2.80. The third-order valence-electron chi connectivity index (χ3n) is 7.23. The summed E-state index contributed by atoms with van der Waals surface area (Å²) in [5.41, 5.74) is 2.41. The molecule has 1 aromatic rings. The predicted molar refractivity (Wildman–Crippen MR) is 132 cm³/mol. The molecule has 5 nitrogen and oxygen atoms in total. The van der Waals surface area contributed by atoms with Gasteiger partial charge in [0.1, 0.15) is 0 Å². The minimum Gasteiger partial charge on any atom is -0.311 e. The number of thioether (sulfide) groups is 1. The number of hydrogen-bond acceptors (Lipinski definition) is 6. The highest BCUT2D eigenvalue weighted by Crippen LogP contribution is 2.24. The van der Waals surface area contributed by atoms with Gasteiger partial charge in [-0.25, -0.2) is 0 Å². The molecule has 1 aliphatic heterocycles. The zero-order valence-electron chi connectivity index (χ0n) is 19.4. The molecule has 0 radical (unpaired) electrons. The minimum atomic E-state index is 0.557. The highest BCUT2D eigenvalue weighted by molar-refractivity contribution is 7.99. The molecule has 0 amide bonds. The van der Waals surface area contributed by atoms with Crippen molar-refractivity contribution >= 4 is 11.8 Å². The summed E-state index contributed by atoms with van der Waals surface area (Å²) < 4.78 is 0. The molecule has 174 valence electrons. The Kier molecular flexibility index (Phi) is 9.51. The van der Waals surface area contributed by atoms with Gasteiger partial charge in [-0.05, 0) is 50.0 Å². The highest BCUT2D eigenvalue weighted by atomic mass is 32.2. The van der Waals surface area contributed by atoms with Crippen molar-refractivity contribution in [3.8, 4) is 0 Å². The molecular formula is C25H43N5S. The number of unbranched alkanes of at least 4 members (excludes halogenated alkanes) is 1. The Bertz CT molecular complexity index is 621. The zero-order valence-corrected chi connectivity index (χ0v) is 20.2. The van der Waals surface area contributed by atoms with Crippen LogP contribution in [0, 0.1) is 0 Å². The van der Waals surface area contributed by atoms with E-state index in [0.717, 1.165) is 26.2 Å². The van der Waals surface area contributed by atoms with Gasteiger partial charge < -0.3 is 21.3 Å². The van der Waals surface area contributed by atoms with Crippen LogP contribution < -0.4 is 21.3 Å². The summed E-state index contributed by atoms with van der Waals surface area (Å²) >= 11 is 2.00. The molecule has 2 fully saturated rings. The summed E-state index contributed by atoms with van der Waals surface area (Å²) in [5.74, 6) is 1.20. The first-order valence-electron chi connectivity index (χ1n) is 12.9. The van der Waals surface area contributed by atoms with E-state index in [1.54, 1.807) is 0 Å². The molecule has 31 heavy (non-hydrogen) atoms. The highest BCUT2D eigenvalue weighted by Gasteiger charge is 2.26. The third-order valence-corrected chi connectivity index (χ3v) is 8.29. The molecule has 2 aliphatic carbocycles. The summed E-state index contributed by atoms with van der Waals surface area (Å²) in [6, 6.07) is 6.93. The Morgan fingerprint density at radius 3 is 1.74 bits per heavy atom. The second-order valence-electron chi connectivity index (χ2n) is 9.65. The molecule has 0 saturated heterocycles. The van der Waals surface area contributed by atoms with Crippen LogP contribution in [0.3, 0.4) is 0 Å². The van der Waals surface area contributed by atoms with Gasteiger partial charge in [0.05, 0.1) is 11.4 Å². The summed E-state index contributed by atoms with van der Waals surface area (Å²) in [5, 5.41) is 15.5. The molecule has 2 saturated carbocycles. The van der Waals surface area contributed by atoms with Gasteiger partial charge >= 0.3 is 0 Å². The summed E-state index contributed by atoms with van der Waals surface area (Å²) in [6.45, 7) is 6.16. The molecule has 0 unspecified atom stereocenters. The van der Waals surface area contributed by atoms with Crippen molar-refractivity contribution in [1.82, 2.24) is 26.3 Å². The number of fused-ring (bicyclic) bond motifs is 4. The van der Waals surface area contributed by atoms with Crippen LogP contribution in [0.5, 0.6) is 0 Å². The Labute approximate surface area is 193 Å². The lowest BCUT2D eigenvalue weighted by Gasteiger charge is -2.34. The van der Waals surface area contributed by atoms with Gasteiger partial charge in [-0.15, -0.1) is 11.8 Å². The van der Waals surface area contributed by atoms with Crippen molar-refractivity contribution < 1.29 is 0 Å². The molecule has 4 N–H and O–H groups in total. The number of nitrogens with one attached hydrogen (secondary N) is 4. The van der Waals surface area contributed by atoms with E-state index in [0.29, 0.717) is 24.2 Å². The van der Waals surface area contributed by atoms with E-state index >= 15 is 0 Å². The molecule has 6 heteroatoms. The van der Waals surface area contributed by atoms with Gasteiger partial charge in [-0.1, -0.05) is 39.0 Å². The lowest BCUT2D eigenvalue weighted by molar-refractivity contribution is 0.266. The van der Waals surface area contributed by atoms with Gasteiger partial charge in [0.25, 0.3) is 0 Å².